The third-order valence-corrected chi connectivity index (χ3v) is 2.26. The summed E-state index contributed by atoms with van der Waals surface area (Å²) in [6.07, 6.45) is 0. The van der Waals surface area contributed by atoms with Crippen LogP contribution in [0.5, 0.6) is 0 Å². The standard InChI is InChI=1S/C8H15NO2S2/c1-4-11-8(12)13-5-7(10)9-6(2)3/h6H,4-5H2,1-3H3,(H,9,10). The van der Waals surface area contributed by atoms with E-state index in [4.69, 9.17) is 17.0 Å². The molecular formula is C8H15NO2S2. The van der Waals surface area contributed by atoms with Crippen molar-refractivity contribution in [1.29, 1.82) is 0 Å². The Labute approximate surface area is 88.6 Å². The highest BCUT2D eigenvalue weighted by molar-refractivity contribution is 8.23. The van der Waals surface area contributed by atoms with Crippen molar-refractivity contribution >= 4 is 34.3 Å². The highest BCUT2D eigenvalue weighted by Crippen LogP contribution is 2.04. The average Bonchev–Trinajstić information content (AvgIpc) is 2.00. The minimum absolute atomic E-state index is 0.0120. The van der Waals surface area contributed by atoms with E-state index >= 15 is 0 Å². The van der Waals surface area contributed by atoms with Gasteiger partial charge in [0, 0.05) is 6.04 Å². The molecule has 0 saturated carbocycles. The summed E-state index contributed by atoms with van der Waals surface area (Å²) >= 11 is 6.09. The van der Waals surface area contributed by atoms with E-state index in [1.54, 1.807) is 0 Å². The molecule has 1 N–H and O–H groups in total. The van der Waals surface area contributed by atoms with E-state index in [1.807, 2.05) is 20.8 Å². The normalized spacial score (nSPS) is 9.85. The number of nitrogens with one attached hydrogen (secondary N) is 1. The molecular weight excluding hydrogens is 206 g/mol. The van der Waals surface area contributed by atoms with E-state index in [1.165, 1.54) is 11.8 Å². The van der Waals surface area contributed by atoms with Crippen molar-refractivity contribution < 1.29 is 9.53 Å². The molecule has 3 nitrogen and oxygen atoms in total. The summed E-state index contributed by atoms with van der Waals surface area (Å²) in [5.74, 6) is 0.318. The maximum atomic E-state index is 11.1. The fourth-order valence-electron chi connectivity index (χ4n) is 0.648. The third kappa shape index (κ3) is 8.05. The van der Waals surface area contributed by atoms with E-state index < -0.39 is 0 Å². The Kier molecular flexibility index (Phi) is 6.99. The number of rotatable bonds is 4. The number of hydrogen-bond acceptors (Lipinski definition) is 4. The summed E-state index contributed by atoms with van der Waals surface area (Å²) < 4.78 is 5.44. The zero-order valence-electron chi connectivity index (χ0n) is 8.12. The lowest BCUT2D eigenvalue weighted by Gasteiger charge is -2.08. The molecule has 76 valence electrons. The Hall–Kier alpha value is -0.290. The molecule has 0 bridgehead atoms. The van der Waals surface area contributed by atoms with Crippen LogP contribution in [0.1, 0.15) is 20.8 Å². The van der Waals surface area contributed by atoms with Crippen LogP contribution in [0.3, 0.4) is 0 Å². The second kappa shape index (κ2) is 7.15. The van der Waals surface area contributed by atoms with Crippen molar-refractivity contribution in [2.75, 3.05) is 12.4 Å². The fourth-order valence-corrected chi connectivity index (χ4v) is 1.48. The Morgan fingerprint density at radius 2 is 2.23 bits per heavy atom. The first-order chi connectivity index (χ1) is 6.06. The molecule has 0 radical (unpaired) electrons. The van der Waals surface area contributed by atoms with Crippen LogP contribution in [-0.4, -0.2) is 28.7 Å². The topological polar surface area (TPSA) is 38.3 Å². The van der Waals surface area contributed by atoms with Crippen LogP contribution in [0.2, 0.25) is 0 Å². The van der Waals surface area contributed by atoms with Gasteiger partial charge in [0.05, 0.1) is 12.4 Å². The monoisotopic (exact) mass is 221 g/mol. The molecule has 0 aromatic carbocycles. The van der Waals surface area contributed by atoms with Gasteiger partial charge in [0.15, 0.2) is 0 Å². The molecule has 0 fully saturated rings. The number of ether oxygens (including phenoxy) is 1. The summed E-state index contributed by atoms with van der Waals surface area (Å²) in [7, 11) is 0. The van der Waals surface area contributed by atoms with E-state index in [-0.39, 0.29) is 11.9 Å². The van der Waals surface area contributed by atoms with Crippen molar-refractivity contribution in [3.05, 3.63) is 0 Å². The number of thioether (sulfide) groups is 1. The van der Waals surface area contributed by atoms with Gasteiger partial charge in [-0.2, -0.15) is 0 Å². The van der Waals surface area contributed by atoms with Crippen molar-refractivity contribution in [1.82, 2.24) is 5.32 Å². The van der Waals surface area contributed by atoms with Crippen LogP contribution >= 0.6 is 24.0 Å². The molecule has 0 aromatic rings. The van der Waals surface area contributed by atoms with Crippen LogP contribution in [0.15, 0.2) is 0 Å². The Morgan fingerprint density at radius 3 is 2.69 bits per heavy atom. The number of thiocarbonyl (C=S) groups is 1. The van der Waals surface area contributed by atoms with Gasteiger partial charge in [-0.05, 0) is 33.0 Å². The summed E-state index contributed by atoms with van der Waals surface area (Å²) in [6.45, 7) is 6.26. The first-order valence-corrected chi connectivity index (χ1v) is 5.54. The minimum atomic E-state index is -0.0120. The van der Waals surface area contributed by atoms with E-state index in [0.29, 0.717) is 16.7 Å². The van der Waals surface area contributed by atoms with Gasteiger partial charge >= 0.3 is 0 Å². The van der Waals surface area contributed by atoms with Gasteiger partial charge in [-0.25, -0.2) is 0 Å². The molecule has 0 aromatic heterocycles. The van der Waals surface area contributed by atoms with Gasteiger partial charge in [0.1, 0.15) is 0 Å². The van der Waals surface area contributed by atoms with Crippen LogP contribution in [0.4, 0.5) is 0 Å². The lowest BCUT2D eigenvalue weighted by Crippen LogP contribution is -2.31. The molecule has 0 rings (SSSR count). The SMILES string of the molecule is CCOC(=S)SCC(=O)NC(C)C. The van der Waals surface area contributed by atoms with E-state index in [9.17, 15) is 4.79 Å². The zero-order valence-corrected chi connectivity index (χ0v) is 9.76. The van der Waals surface area contributed by atoms with Crippen LogP contribution in [0, 0.1) is 0 Å². The molecule has 0 aliphatic heterocycles. The lowest BCUT2D eigenvalue weighted by molar-refractivity contribution is -0.119. The molecule has 0 aliphatic carbocycles. The van der Waals surface area contributed by atoms with Crippen LogP contribution < -0.4 is 5.32 Å². The van der Waals surface area contributed by atoms with Gasteiger partial charge < -0.3 is 10.1 Å². The van der Waals surface area contributed by atoms with E-state index in [2.05, 4.69) is 5.32 Å². The van der Waals surface area contributed by atoms with E-state index in [0.717, 1.165) is 0 Å². The van der Waals surface area contributed by atoms with Gasteiger partial charge in [-0.3, -0.25) is 4.79 Å². The fraction of sp³-hybridized carbons (Fsp3) is 0.750. The first kappa shape index (κ1) is 12.7. The van der Waals surface area contributed by atoms with Gasteiger partial charge in [-0.1, -0.05) is 11.8 Å². The lowest BCUT2D eigenvalue weighted by atomic mass is 10.4. The molecule has 0 heterocycles. The summed E-state index contributed by atoms with van der Waals surface area (Å²) in [5, 5.41) is 2.77. The molecule has 0 aliphatic rings. The highest BCUT2D eigenvalue weighted by atomic mass is 32.2. The van der Waals surface area contributed by atoms with Gasteiger partial charge in [-0.15, -0.1) is 0 Å². The molecule has 0 atom stereocenters. The zero-order chi connectivity index (χ0) is 10.3. The second-order valence-corrected chi connectivity index (χ2v) is 4.27. The van der Waals surface area contributed by atoms with Crippen LogP contribution in [0.25, 0.3) is 0 Å². The maximum absolute atomic E-state index is 11.1. The van der Waals surface area contributed by atoms with Crippen molar-refractivity contribution in [3.63, 3.8) is 0 Å². The Bertz CT molecular complexity index is 183. The van der Waals surface area contributed by atoms with Crippen molar-refractivity contribution in [2.45, 2.75) is 26.8 Å². The summed E-state index contributed by atoms with van der Waals surface area (Å²) in [5.41, 5.74) is 0. The average molecular weight is 221 g/mol. The minimum Gasteiger partial charge on any atom is -0.479 e. The number of carbonyl (C=O) groups is 1. The molecule has 1 amide bonds. The largest absolute Gasteiger partial charge is 0.479 e. The molecule has 13 heavy (non-hydrogen) atoms. The number of carbonyl (C=O) groups excluding carboxylic acids is 1. The highest BCUT2D eigenvalue weighted by Gasteiger charge is 2.05. The molecule has 0 saturated heterocycles. The Morgan fingerprint density at radius 1 is 1.62 bits per heavy atom. The predicted octanol–water partition coefficient (Wildman–Crippen LogP) is 1.57. The second-order valence-electron chi connectivity index (χ2n) is 2.69. The quantitative estimate of drug-likeness (QED) is 0.731. The van der Waals surface area contributed by atoms with Crippen molar-refractivity contribution in [2.24, 2.45) is 0 Å². The van der Waals surface area contributed by atoms with Crippen molar-refractivity contribution in [3.8, 4) is 0 Å². The first-order valence-electron chi connectivity index (χ1n) is 4.15. The number of amides is 1. The summed E-state index contributed by atoms with van der Waals surface area (Å²) in [4.78, 5) is 11.1. The third-order valence-electron chi connectivity index (χ3n) is 1.03. The molecule has 0 unspecified atom stereocenters. The molecule has 5 heteroatoms. The van der Waals surface area contributed by atoms with Gasteiger partial charge in [0.25, 0.3) is 0 Å². The smallest absolute Gasteiger partial charge is 0.230 e. The van der Waals surface area contributed by atoms with Crippen LogP contribution in [-0.2, 0) is 9.53 Å². The number of hydrogen-bond donors (Lipinski definition) is 1. The van der Waals surface area contributed by atoms with Gasteiger partial charge in [0.2, 0.25) is 10.3 Å². The summed E-state index contributed by atoms with van der Waals surface area (Å²) in [6, 6.07) is 0.175. The predicted molar refractivity (Wildman–Crippen MR) is 60.0 cm³/mol. The maximum Gasteiger partial charge on any atom is 0.230 e. The Balaban J connectivity index is 3.52. The molecule has 0 spiro atoms.